The molecule has 4 aromatic rings. The highest BCUT2D eigenvalue weighted by Gasteiger charge is 2.27. The molecule has 0 radical (unpaired) electrons. The second-order valence-corrected chi connectivity index (χ2v) is 7.29. The molecular formula is C21H21N5O. The van der Waals surface area contributed by atoms with Gasteiger partial charge in [0.05, 0.1) is 16.6 Å². The number of carbonyl (C=O) groups is 1. The van der Waals surface area contributed by atoms with E-state index in [0.29, 0.717) is 11.6 Å². The molecule has 3 N–H and O–H groups in total. The van der Waals surface area contributed by atoms with Crippen LogP contribution in [0.2, 0.25) is 0 Å². The molecule has 2 unspecified atom stereocenters. The monoisotopic (exact) mass is 359 g/mol. The number of fused-ring (bicyclic) bond motifs is 2. The summed E-state index contributed by atoms with van der Waals surface area (Å²) in [5.74, 6) is 1.26. The maximum absolute atomic E-state index is 12.8. The Balaban J connectivity index is 1.33. The fourth-order valence-electron chi connectivity index (χ4n) is 4.13. The highest BCUT2D eigenvalue weighted by Crippen LogP contribution is 2.32. The predicted octanol–water partition coefficient (Wildman–Crippen LogP) is 3.90. The Morgan fingerprint density at radius 3 is 2.74 bits per heavy atom. The molecule has 1 amide bonds. The molecule has 27 heavy (non-hydrogen) atoms. The molecule has 136 valence electrons. The van der Waals surface area contributed by atoms with Gasteiger partial charge in [-0.1, -0.05) is 36.8 Å². The fourth-order valence-corrected chi connectivity index (χ4v) is 4.13. The summed E-state index contributed by atoms with van der Waals surface area (Å²) < 4.78 is 0. The zero-order valence-electron chi connectivity index (χ0n) is 14.9. The van der Waals surface area contributed by atoms with Crippen LogP contribution in [0.4, 0.5) is 0 Å². The van der Waals surface area contributed by atoms with Gasteiger partial charge in [0.15, 0.2) is 5.69 Å². The highest BCUT2D eigenvalue weighted by atomic mass is 16.2. The number of nitrogens with one attached hydrogen (secondary N) is 3. The van der Waals surface area contributed by atoms with Gasteiger partial charge in [0.1, 0.15) is 5.82 Å². The maximum Gasteiger partial charge on any atom is 0.272 e. The predicted molar refractivity (Wildman–Crippen MR) is 105 cm³/mol. The summed E-state index contributed by atoms with van der Waals surface area (Å²) in [6, 6.07) is 15.9. The van der Waals surface area contributed by atoms with Crippen LogP contribution in [-0.4, -0.2) is 32.1 Å². The van der Waals surface area contributed by atoms with Crippen molar-refractivity contribution in [3.8, 4) is 0 Å². The molecule has 1 fully saturated rings. The number of rotatable bonds is 3. The number of amides is 1. The summed E-state index contributed by atoms with van der Waals surface area (Å²) in [7, 11) is 0. The first kappa shape index (κ1) is 16.1. The zero-order chi connectivity index (χ0) is 18.2. The third kappa shape index (κ3) is 2.97. The van der Waals surface area contributed by atoms with Crippen molar-refractivity contribution in [3.63, 3.8) is 0 Å². The van der Waals surface area contributed by atoms with Crippen LogP contribution in [0.3, 0.4) is 0 Å². The van der Waals surface area contributed by atoms with Gasteiger partial charge in [-0.3, -0.25) is 9.89 Å². The minimum absolute atomic E-state index is 0.109. The second-order valence-electron chi connectivity index (χ2n) is 7.29. The van der Waals surface area contributed by atoms with Crippen molar-refractivity contribution in [2.75, 3.05) is 0 Å². The summed E-state index contributed by atoms with van der Waals surface area (Å²) in [6.45, 7) is 0. The summed E-state index contributed by atoms with van der Waals surface area (Å²) >= 11 is 0. The first-order valence-corrected chi connectivity index (χ1v) is 9.46. The molecule has 6 heteroatoms. The maximum atomic E-state index is 12.8. The lowest BCUT2D eigenvalue weighted by Crippen LogP contribution is -2.38. The number of carbonyl (C=O) groups excluding carboxylic acids is 1. The third-order valence-corrected chi connectivity index (χ3v) is 5.49. The molecule has 1 aliphatic rings. The van der Waals surface area contributed by atoms with Gasteiger partial charge >= 0.3 is 0 Å². The SMILES string of the molecule is O=C(NC1CCCC(c2nc3ccccc3[nH]2)C1)c1n[nH]c2ccccc12. The van der Waals surface area contributed by atoms with Gasteiger partial charge in [0.25, 0.3) is 5.91 Å². The number of H-pyrrole nitrogens is 2. The molecule has 0 bridgehead atoms. The van der Waals surface area contributed by atoms with Crippen molar-refractivity contribution in [2.24, 2.45) is 0 Å². The average molecular weight is 359 g/mol. The minimum atomic E-state index is -0.109. The van der Waals surface area contributed by atoms with E-state index in [4.69, 9.17) is 4.98 Å². The average Bonchev–Trinajstić information content (AvgIpc) is 3.32. The van der Waals surface area contributed by atoms with Crippen molar-refractivity contribution in [1.82, 2.24) is 25.5 Å². The second kappa shape index (κ2) is 6.54. The Morgan fingerprint density at radius 1 is 1.04 bits per heavy atom. The van der Waals surface area contributed by atoms with Gasteiger partial charge in [0, 0.05) is 17.3 Å². The van der Waals surface area contributed by atoms with E-state index in [9.17, 15) is 4.79 Å². The molecule has 1 saturated carbocycles. The first-order chi connectivity index (χ1) is 13.3. The molecule has 2 heterocycles. The van der Waals surface area contributed by atoms with Gasteiger partial charge in [-0.15, -0.1) is 0 Å². The lowest BCUT2D eigenvalue weighted by molar-refractivity contribution is 0.0921. The van der Waals surface area contributed by atoms with Crippen LogP contribution in [0.25, 0.3) is 21.9 Å². The van der Waals surface area contributed by atoms with Crippen molar-refractivity contribution in [3.05, 3.63) is 60.0 Å². The van der Waals surface area contributed by atoms with Gasteiger partial charge in [0.2, 0.25) is 0 Å². The molecule has 2 atom stereocenters. The van der Waals surface area contributed by atoms with Crippen molar-refractivity contribution < 1.29 is 4.79 Å². The third-order valence-electron chi connectivity index (χ3n) is 5.49. The van der Waals surface area contributed by atoms with E-state index < -0.39 is 0 Å². The zero-order valence-corrected chi connectivity index (χ0v) is 14.9. The van der Waals surface area contributed by atoms with E-state index in [2.05, 4.69) is 26.6 Å². The quantitative estimate of drug-likeness (QED) is 0.518. The Bertz CT molecular complexity index is 1080. The Labute approximate surface area is 156 Å². The topological polar surface area (TPSA) is 86.5 Å². The van der Waals surface area contributed by atoms with Crippen LogP contribution in [0.15, 0.2) is 48.5 Å². The number of aromatic nitrogens is 4. The van der Waals surface area contributed by atoms with Crippen LogP contribution >= 0.6 is 0 Å². The molecular weight excluding hydrogens is 338 g/mol. The normalized spacial score (nSPS) is 20.1. The lowest BCUT2D eigenvalue weighted by atomic mass is 9.85. The Morgan fingerprint density at radius 2 is 1.85 bits per heavy atom. The van der Waals surface area contributed by atoms with Crippen molar-refractivity contribution >= 4 is 27.8 Å². The standard InChI is InChI=1S/C21H21N5O/c27-21(19-15-8-1-2-9-16(15)25-26-19)22-14-7-5-6-13(12-14)20-23-17-10-3-4-11-18(17)24-20/h1-4,8-11,13-14H,5-7,12H2,(H,22,27)(H,23,24)(H,25,26). The van der Waals surface area contributed by atoms with Crippen LogP contribution in [0.5, 0.6) is 0 Å². The smallest absolute Gasteiger partial charge is 0.272 e. The van der Waals surface area contributed by atoms with E-state index in [-0.39, 0.29) is 11.9 Å². The van der Waals surface area contributed by atoms with Gasteiger partial charge in [-0.25, -0.2) is 4.98 Å². The number of imidazole rings is 1. The van der Waals surface area contributed by atoms with Crippen molar-refractivity contribution in [2.45, 2.75) is 37.6 Å². The molecule has 5 rings (SSSR count). The first-order valence-electron chi connectivity index (χ1n) is 9.46. The Kier molecular flexibility index (Phi) is 3.89. The number of benzene rings is 2. The minimum Gasteiger partial charge on any atom is -0.348 e. The number of aromatic amines is 2. The molecule has 0 aliphatic heterocycles. The molecule has 2 aromatic heterocycles. The molecule has 0 spiro atoms. The van der Waals surface area contributed by atoms with Crippen molar-refractivity contribution in [1.29, 1.82) is 0 Å². The van der Waals surface area contributed by atoms with Crippen LogP contribution in [-0.2, 0) is 0 Å². The summed E-state index contributed by atoms with van der Waals surface area (Å²) in [5, 5.41) is 11.2. The lowest BCUT2D eigenvalue weighted by Gasteiger charge is -2.28. The van der Waals surface area contributed by atoms with E-state index in [1.165, 1.54) is 0 Å². The summed E-state index contributed by atoms with van der Waals surface area (Å²) in [6.07, 6.45) is 4.06. The summed E-state index contributed by atoms with van der Waals surface area (Å²) in [5.41, 5.74) is 3.42. The Hall–Kier alpha value is -3.15. The van der Waals surface area contributed by atoms with Gasteiger partial charge < -0.3 is 10.3 Å². The van der Waals surface area contributed by atoms with E-state index in [1.54, 1.807) is 0 Å². The molecule has 1 aliphatic carbocycles. The number of para-hydroxylation sites is 3. The molecule has 6 nitrogen and oxygen atoms in total. The highest BCUT2D eigenvalue weighted by molar-refractivity contribution is 6.04. The van der Waals surface area contributed by atoms with E-state index >= 15 is 0 Å². The number of hydrogen-bond acceptors (Lipinski definition) is 3. The van der Waals surface area contributed by atoms with E-state index in [1.807, 2.05) is 42.5 Å². The largest absolute Gasteiger partial charge is 0.348 e. The van der Waals surface area contributed by atoms with Crippen LogP contribution in [0.1, 0.15) is 47.9 Å². The van der Waals surface area contributed by atoms with E-state index in [0.717, 1.165) is 53.4 Å². The number of hydrogen-bond donors (Lipinski definition) is 3. The number of nitrogens with zero attached hydrogens (tertiary/aromatic N) is 2. The molecule has 0 saturated heterocycles. The molecule has 2 aromatic carbocycles. The fraction of sp³-hybridized carbons (Fsp3) is 0.286. The summed E-state index contributed by atoms with van der Waals surface area (Å²) in [4.78, 5) is 21.0. The van der Waals surface area contributed by atoms with Gasteiger partial charge in [-0.2, -0.15) is 5.10 Å². The van der Waals surface area contributed by atoms with Crippen LogP contribution in [0, 0.1) is 0 Å². The van der Waals surface area contributed by atoms with Gasteiger partial charge in [-0.05, 0) is 37.5 Å². The van der Waals surface area contributed by atoms with Crippen LogP contribution < -0.4 is 5.32 Å².